The van der Waals surface area contributed by atoms with Gasteiger partial charge in [-0.1, -0.05) is 27.2 Å². The maximum absolute atomic E-state index is 10.9. The molecular formula is C10H20O2. The molecule has 0 saturated heterocycles. The number of carbonyl (C=O) groups is 1. The van der Waals surface area contributed by atoms with Crippen molar-refractivity contribution in [1.82, 2.24) is 0 Å². The van der Waals surface area contributed by atoms with Gasteiger partial charge in [-0.15, -0.1) is 0 Å². The predicted octanol–water partition coefficient (Wildman–Crippen LogP) is 2.62. The molecular weight excluding hydrogens is 152 g/mol. The van der Waals surface area contributed by atoms with Gasteiger partial charge in [0.15, 0.2) is 0 Å². The van der Waals surface area contributed by atoms with E-state index >= 15 is 0 Å². The second-order valence-electron chi connectivity index (χ2n) is 3.68. The van der Waals surface area contributed by atoms with E-state index in [1.807, 2.05) is 0 Å². The Labute approximate surface area is 75.3 Å². The van der Waals surface area contributed by atoms with Crippen LogP contribution in [0.3, 0.4) is 0 Å². The number of hydrogen-bond acceptors (Lipinski definition) is 2. The molecule has 0 aliphatic carbocycles. The first-order valence-corrected chi connectivity index (χ1v) is 4.66. The molecule has 72 valence electrons. The summed E-state index contributed by atoms with van der Waals surface area (Å²) in [6.07, 6.45) is 2.75. The summed E-state index contributed by atoms with van der Waals surface area (Å²) in [6.45, 7) is 6.48. The highest BCUT2D eigenvalue weighted by molar-refractivity contribution is 5.69. The molecule has 0 aliphatic rings. The van der Waals surface area contributed by atoms with E-state index in [0.717, 1.165) is 12.8 Å². The first-order valence-electron chi connectivity index (χ1n) is 4.66. The lowest BCUT2D eigenvalue weighted by molar-refractivity contribution is -0.141. The number of ether oxygens (including phenoxy) is 1. The van der Waals surface area contributed by atoms with E-state index in [1.165, 1.54) is 7.11 Å². The highest BCUT2D eigenvalue weighted by atomic mass is 16.5. The number of rotatable bonds is 5. The summed E-state index contributed by atoms with van der Waals surface area (Å²) < 4.78 is 4.63. The van der Waals surface area contributed by atoms with Crippen molar-refractivity contribution in [2.45, 2.75) is 40.0 Å². The van der Waals surface area contributed by atoms with Crippen LogP contribution in [-0.4, -0.2) is 13.1 Å². The summed E-state index contributed by atoms with van der Waals surface area (Å²) in [5, 5.41) is 0. The van der Waals surface area contributed by atoms with Crippen molar-refractivity contribution in [1.29, 1.82) is 0 Å². The Morgan fingerprint density at radius 1 is 1.42 bits per heavy atom. The van der Waals surface area contributed by atoms with Crippen molar-refractivity contribution in [2.75, 3.05) is 7.11 Å². The predicted molar refractivity (Wildman–Crippen MR) is 49.9 cm³/mol. The molecule has 0 rings (SSSR count). The van der Waals surface area contributed by atoms with Crippen LogP contribution in [-0.2, 0) is 9.53 Å². The molecule has 2 heteroatoms. The molecule has 0 aromatic rings. The summed E-state index contributed by atoms with van der Waals surface area (Å²) >= 11 is 0. The maximum atomic E-state index is 10.9. The fourth-order valence-electron chi connectivity index (χ4n) is 1.38. The zero-order valence-electron chi connectivity index (χ0n) is 8.59. The second-order valence-corrected chi connectivity index (χ2v) is 3.68. The van der Waals surface area contributed by atoms with Gasteiger partial charge in [0.2, 0.25) is 0 Å². The fourth-order valence-corrected chi connectivity index (χ4v) is 1.38. The largest absolute Gasteiger partial charge is 0.469 e. The molecule has 0 amide bonds. The monoisotopic (exact) mass is 172 g/mol. The molecule has 0 saturated carbocycles. The summed E-state index contributed by atoms with van der Waals surface area (Å²) in [4.78, 5) is 10.9. The Morgan fingerprint density at radius 2 is 2.00 bits per heavy atom. The molecule has 0 fully saturated rings. The third-order valence-corrected chi connectivity index (χ3v) is 2.07. The van der Waals surface area contributed by atoms with Crippen molar-refractivity contribution >= 4 is 5.97 Å². The molecule has 0 bridgehead atoms. The first kappa shape index (κ1) is 11.5. The van der Waals surface area contributed by atoms with E-state index in [-0.39, 0.29) is 5.97 Å². The van der Waals surface area contributed by atoms with Crippen molar-refractivity contribution < 1.29 is 9.53 Å². The average Bonchev–Trinajstić information content (AvgIpc) is 2.02. The van der Waals surface area contributed by atoms with Crippen LogP contribution < -0.4 is 0 Å². The Hall–Kier alpha value is -0.530. The van der Waals surface area contributed by atoms with Crippen molar-refractivity contribution in [2.24, 2.45) is 11.8 Å². The van der Waals surface area contributed by atoms with Crippen LogP contribution in [0.2, 0.25) is 0 Å². The average molecular weight is 172 g/mol. The Balaban J connectivity index is 3.74. The molecule has 0 spiro atoms. The first-order chi connectivity index (χ1) is 5.60. The van der Waals surface area contributed by atoms with Gasteiger partial charge in [0, 0.05) is 6.42 Å². The molecule has 0 aromatic carbocycles. The molecule has 1 atom stereocenters. The molecule has 0 radical (unpaired) electrons. The minimum Gasteiger partial charge on any atom is -0.469 e. The van der Waals surface area contributed by atoms with Crippen LogP contribution in [0, 0.1) is 11.8 Å². The van der Waals surface area contributed by atoms with E-state index in [1.54, 1.807) is 0 Å². The van der Waals surface area contributed by atoms with Gasteiger partial charge in [0.1, 0.15) is 0 Å². The minimum atomic E-state index is -0.0810. The van der Waals surface area contributed by atoms with E-state index in [2.05, 4.69) is 25.5 Å². The van der Waals surface area contributed by atoms with Crippen molar-refractivity contribution in [3.8, 4) is 0 Å². The van der Waals surface area contributed by atoms with E-state index in [9.17, 15) is 4.79 Å². The van der Waals surface area contributed by atoms with Crippen molar-refractivity contribution in [3.05, 3.63) is 0 Å². The number of hydrogen-bond donors (Lipinski definition) is 0. The van der Waals surface area contributed by atoms with Crippen LogP contribution in [0.4, 0.5) is 0 Å². The minimum absolute atomic E-state index is 0.0810. The Morgan fingerprint density at radius 3 is 2.33 bits per heavy atom. The van der Waals surface area contributed by atoms with Gasteiger partial charge in [-0.3, -0.25) is 4.79 Å². The standard InChI is InChI=1S/C10H20O2/c1-5-9(6-8(2)3)7-10(11)12-4/h8-9H,5-7H2,1-4H3. The van der Waals surface area contributed by atoms with Gasteiger partial charge in [-0.05, 0) is 18.3 Å². The van der Waals surface area contributed by atoms with Crippen LogP contribution in [0.15, 0.2) is 0 Å². The molecule has 1 unspecified atom stereocenters. The van der Waals surface area contributed by atoms with Gasteiger partial charge in [-0.25, -0.2) is 0 Å². The number of methoxy groups -OCH3 is 1. The summed E-state index contributed by atoms with van der Waals surface area (Å²) in [5.74, 6) is 1.08. The normalized spacial score (nSPS) is 13.1. The molecule has 12 heavy (non-hydrogen) atoms. The lowest BCUT2D eigenvalue weighted by Gasteiger charge is -2.15. The molecule has 0 aliphatic heterocycles. The number of carbonyl (C=O) groups excluding carboxylic acids is 1. The summed E-state index contributed by atoms with van der Waals surface area (Å²) in [7, 11) is 1.45. The SMILES string of the molecule is CCC(CC(=O)OC)CC(C)C. The molecule has 0 heterocycles. The van der Waals surface area contributed by atoms with Crippen LogP contribution in [0.5, 0.6) is 0 Å². The molecule has 2 nitrogen and oxygen atoms in total. The third-order valence-electron chi connectivity index (χ3n) is 2.07. The van der Waals surface area contributed by atoms with E-state index in [4.69, 9.17) is 0 Å². The van der Waals surface area contributed by atoms with Crippen molar-refractivity contribution in [3.63, 3.8) is 0 Å². The summed E-state index contributed by atoms with van der Waals surface area (Å²) in [6, 6.07) is 0. The molecule has 0 aromatic heterocycles. The van der Waals surface area contributed by atoms with Crippen LogP contribution in [0.1, 0.15) is 40.0 Å². The zero-order chi connectivity index (χ0) is 9.56. The van der Waals surface area contributed by atoms with E-state index in [0.29, 0.717) is 18.3 Å². The van der Waals surface area contributed by atoms with Gasteiger partial charge in [-0.2, -0.15) is 0 Å². The van der Waals surface area contributed by atoms with E-state index < -0.39 is 0 Å². The van der Waals surface area contributed by atoms with Crippen LogP contribution in [0.25, 0.3) is 0 Å². The number of esters is 1. The highest BCUT2D eigenvalue weighted by Crippen LogP contribution is 2.18. The second kappa shape index (κ2) is 6.04. The van der Waals surface area contributed by atoms with Gasteiger partial charge in [0.05, 0.1) is 7.11 Å². The van der Waals surface area contributed by atoms with Crippen LogP contribution >= 0.6 is 0 Å². The maximum Gasteiger partial charge on any atom is 0.305 e. The third kappa shape index (κ3) is 5.16. The highest BCUT2D eigenvalue weighted by Gasteiger charge is 2.13. The topological polar surface area (TPSA) is 26.3 Å². The zero-order valence-corrected chi connectivity index (χ0v) is 8.59. The van der Waals surface area contributed by atoms with Gasteiger partial charge >= 0.3 is 5.97 Å². The smallest absolute Gasteiger partial charge is 0.305 e. The van der Waals surface area contributed by atoms with Gasteiger partial charge < -0.3 is 4.74 Å². The van der Waals surface area contributed by atoms with Gasteiger partial charge in [0.25, 0.3) is 0 Å². The Bertz CT molecular complexity index is 130. The Kier molecular flexibility index (Phi) is 5.77. The molecule has 0 N–H and O–H groups in total. The quantitative estimate of drug-likeness (QED) is 0.596. The lowest BCUT2D eigenvalue weighted by Crippen LogP contribution is -2.11. The fraction of sp³-hybridized carbons (Fsp3) is 0.900. The lowest BCUT2D eigenvalue weighted by atomic mass is 9.92. The summed E-state index contributed by atoms with van der Waals surface area (Å²) in [5.41, 5.74) is 0.